The Morgan fingerprint density at radius 1 is 1.42 bits per heavy atom. The van der Waals surface area contributed by atoms with Gasteiger partial charge in [-0.1, -0.05) is 13.0 Å². The monoisotopic (exact) mass is 326 g/mol. The summed E-state index contributed by atoms with van der Waals surface area (Å²) in [6.45, 7) is 7.64. The standard InChI is InChI=1S/C15H23BrN2O/c1-11-3-4-15(14(16)7-11)18-9-12(2)8-17-13(10-18)5-6-19/h3-4,7,12-13,17,19H,5-6,8-10H2,1-2H3. The smallest absolute Gasteiger partial charge is 0.0511 e. The van der Waals surface area contributed by atoms with Crippen LogP contribution in [0.2, 0.25) is 0 Å². The first kappa shape index (κ1) is 14.8. The molecule has 1 aromatic carbocycles. The molecule has 0 saturated carbocycles. The molecule has 4 heteroatoms. The van der Waals surface area contributed by atoms with E-state index in [0.717, 1.165) is 30.5 Å². The fourth-order valence-electron chi connectivity index (χ4n) is 2.63. The molecule has 2 atom stereocenters. The van der Waals surface area contributed by atoms with Crippen LogP contribution < -0.4 is 10.2 Å². The molecule has 0 aromatic heterocycles. The molecule has 1 fully saturated rings. The maximum Gasteiger partial charge on any atom is 0.0511 e. The van der Waals surface area contributed by atoms with Crippen molar-refractivity contribution in [1.29, 1.82) is 0 Å². The van der Waals surface area contributed by atoms with Crippen LogP contribution in [0.5, 0.6) is 0 Å². The third-order valence-corrected chi connectivity index (χ3v) is 4.28. The molecule has 1 aliphatic rings. The molecule has 0 aliphatic carbocycles. The van der Waals surface area contributed by atoms with E-state index in [9.17, 15) is 0 Å². The molecule has 2 N–H and O–H groups in total. The Bertz CT molecular complexity index is 425. The zero-order valence-electron chi connectivity index (χ0n) is 11.7. The van der Waals surface area contributed by atoms with Gasteiger partial charge in [-0.3, -0.25) is 0 Å². The van der Waals surface area contributed by atoms with Gasteiger partial charge in [-0.05, 0) is 59.4 Å². The highest BCUT2D eigenvalue weighted by atomic mass is 79.9. The lowest BCUT2D eigenvalue weighted by atomic mass is 10.1. The average Bonchev–Trinajstić information content (AvgIpc) is 2.52. The van der Waals surface area contributed by atoms with Crippen LogP contribution in [0, 0.1) is 12.8 Å². The largest absolute Gasteiger partial charge is 0.396 e. The lowest BCUT2D eigenvalue weighted by molar-refractivity contribution is 0.266. The Hall–Kier alpha value is -0.580. The molecule has 1 aliphatic heterocycles. The lowest BCUT2D eigenvalue weighted by Crippen LogP contribution is -2.38. The van der Waals surface area contributed by atoms with Crippen molar-refractivity contribution in [2.24, 2.45) is 5.92 Å². The number of hydrogen-bond donors (Lipinski definition) is 2. The molecule has 1 heterocycles. The predicted octanol–water partition coefficient (Wildman–Crippen LogP) is 2.55. The molecule has 0 spiro atoms. The number of nitrogens with one attached hydrogen (secondary N) is 1. The minimum atomic E-state index is 0.245. The summed E-state index contributed by atoms with van der Waals surface area (Å²) in [6.07, 6.45) is 0.812. The van der Waals surface area contributed by atoms with Gasteiger partial charge in [-0.15, -0.1) is 0 Å². The molecule has 0 radical (unpaired) electrons. The number of nitrogens with zero attached hydrogens (tertiary/aromatic N) is 1. The van der Waals surface area contributed by atoms with Crippen molar-refractivity contribution < 1.29 is 5.11 Å². The summed E-state index contributed by atoms with van der Waals surface area (Å²) >= 11 is 3.68. The topological polar surface area (TPSA) is 35.5 Å². The van der Waals surface area contributed by atoms with E-state index in [-0.39, 0.29) is 6.61 Å². The second-order valence-electron chi connectivity index (χ2n) is 5.58. The Morgan fingerprint density at radius 2 is 2.21 bits per heavy atom. The first-order chi connectivity index (χ1) is 9.10. The summed E-state index contributed by atoms with van der Waals surface area (Å²) in [5.74, 6) is 0.608. The van der Waals surface area contributed by atoms with Gasteiger partial charge in [0.15, 0.2) is 0 Å². The molecule has 2 rings (SSSR count). The van der Waals surface area contributed by atoms with Crippen LogP contribution in [0.15, 0.2) is 22.7 Å². The summed E-state index contributed by atoms with van der Waals surface area (Å²) < 4.78 is 1.16. The Balaban J connectivity index is 2.19. The number of anilines is 1. The van der Waals surface area contributed by atoms with Gasteiger partial charge in [0.1, 0.15) is 0 Å². The fourth-order valence-corrected chi connectivity index (χ4v) is 3.37. The van der Waals surface area contributed by atoms with Gasteiger partial charge in [-0.2, -0.15) is 0 Å². The van der Waals surface area contributed by atoms with Crippen LogP contribution in [-0.4, -0.2) is 37.4 Å². The molecular weight excluding hydrogens is 304 g/mol. The first-order valence-electron chi connectivity index (χ1n) is 6.95. The van der Waals surface area contributed by atoms with Crippen molar-refractivity contribution in [2.75, 3.05) is 31.1 Å². The maximum absolute atomic E-state index is 9.16. The summed E-state index contributed by atoms with van der Waals surface area (Å²) in [5, 5.41) is 12.7. The predicted molar refractivity (Wildman–Crippen MR) is 83.7 cm³/mol. The van der Waals surface area contributed by atoms with E-state index in [0.29, 0.717) is 12.0 Å². The lowest BCUT2D eigenvalue weighted by Gasteiger charge is -2.28. The van der Waals surface area contributed by atoms with E-state index in [2.05, 4.69) is 58.2 Å². The van der Waals surface area contributed by atoms with E-state index in [1.54, 1.807) is 0 Å². The van der Waals surface area contributed by atoms with Crippen molar-refractivity contribution in [1.82, 2.24) is 5.32 Å². The van der Waals surface area contributed by atoms with Gasteiger partial charge >= 0.3 is 0 Å². The molecule has 1 saturated heterocycles. The van der Waals surface area contributed by atoms with Crippen molar-refractivity contribution in [2.45, 2.75) is 26.3 Å². The second kappa shape index (κ2) is 6.73. The molecule has 19 heavy (non-hydrogen) atoms. The minimum absolute atomic E-state index is 0.245. The zero-order chi connectivity index (χ0) is 13.8. The number of aliphatic hydroxyl groups is 1. The van der Waals surface area contributed by atoms with Gasteiger partial charge in [0.2, 0.25) is 0 Å². The summed E-state index contributed by atoms with van der Waals surface area (Å²) in [6, 6.07) is 6.87. The number of aliphatic hydroxyl groups excluding tert-OH is 1. The molecule has 0 bridgehead atoms. The molecule has 2 unspecified atom stereocenters. The van der Waals surface area contributed by atoms with E-state index < -0.39 is 0 Å². The summed E-state index contributed by atoms with van der Waals surface area (Å²) in [7, 11) is 0. The number of hydrogen-bond acceptors (Lipinski definition) is 3. The van der Waals surface area contributed by atoms with Gasteiger partial charge in [0, 0.05) is 30.2 Å². The Kier molecular flexibility index (Phi) is 5.25. The number of benzene rings is 1. The molecule has 3 nitrogen and oxygen atoms in total. The van der Waals surface area contributed by atoms with Crippen LogP contribution in [0.1, 0.15) is 18.9 Å². The number of halogens is 1. The molecule has 1 aromatic rings. The first-order valence-corrected chi connectivity index (χ1v) is 7.74. The summed E-state index contributed by atoms with van der Waals surface area (Å²) in [4.78, 5) is 2.43. The van der Waals surface area contributed by atoms with Gasteiger partial charge in [0.05, 0.1) is 5.69 Å². The number of aryl methyl sites for hydroxylation is 1. The van der Waals surface area contributed by atoms with Crippen LogP contribution >= 0.6 is 15.9 Å². The molecule has 0 amide bonds. The van der Waals surface area contributed by atoms with Crippen molar-refractivity contribution in [3.63, 3.8) is 0 Å². The Morgan fingerprint density at radius 3 is 2.89 bits per heavy atom. The van der Waals surface area contributed by atoms with Gasteiger partial charge < -0.3 is 15.3 Å². The van der Waals surface area contributed by atoms with Gasteiger partial charge in [-0.25, -0.2) is 0 Å². The van der Waals surface area contributed by atoms with Crippen molar-refractivity contribution >= 4 is 21.6 Å². The average molecular weight is 327 g/mol. The van der Waals surface area contributed by atoms with E-state index in [1.165, 1.54) is 11.3 Å². The minimum Gasteiger partial charge on any atom is -0.396 e. The van der Waals surface area contributed by atoms with Crippen molar-refractivity contribution in [3.8, 4) is 0 Å². The van der Waals surface area contributed by atoms with Crippen LogP contribution in [0.4, 0.5) is 5.69 Å². The summed E-state index contributed by atoms with van der Waals surface area (Å²) in [5.41, 5.74) is 2.52. The Labute approximate surface area is 124 Å². The van der Waals surface area contributed by atoms with E-state index >= 15 is 0 Å². The van der Waals surface area contributed by atoms with Gasteiger partial charge in [0.25, 0.3) is 0 Å². The van der Waals surface area contributed by atoms with Crippen molar-refractivity contribution in [3.05, 3.63) is 28.2 Å². The maximum atomic E-state index is 9.16. The quantitative estimate of drug-likeness (QED) is 0.896. The third-order valence-electron chi connectivity index (χ3n) is 3.65. The normalized spacial score (nSPS) is 24.3. The fraction of sp³-hybridized carbons (Fsp3) is 0.600. The number of rotatable bonds is 3. The van der Waals surface area contributed by atoms with Crippen LogP contribution in [-0.2, 0) is 0 Å². The van der Waals surface area contributed by atoms with E-state index in [4.69, 9.17) is 5.11 Å². The van der Waals surface area contributed by atoms with E-state index in [1.807, 2.05) is 0 Å². The SMILES string of the molecule is Cc1ccc(N2CC(C)CNC(CCO)C2)c(Br)c1. The highest BCUT2D eigenvalue weighted by Crippen LogP contribution is 2.29. The molecular formula is C15H23BrN2O. The highest BCUT2D eigenvalue weighted by Gasteiger charge is 2.22. The second-order valence-corrected chi connectivity index (χ2v) is 6.44. The third kappa shape index (κ3) is 3.94. The van der Waals surface area contributed by atoms with Crippen LogP contribution in [0.3, 0.4) is 0 Å². The molecule has 106 valence electrons. The zero-order valence-corrected chi connectivity index (χ0v) is 13.3. The van der Waals surface area contributed by atoms with Crippen LogP contribution in [0.25, 0.3) is 0 Å². The highest BCUT2D eigenvalue weighted by molar-refractivity contribution is 9.10.